The molecule has 2 aromatic rings. The summed E-state index contributed by atoms with van der Waals surface area (Å²) >= 11 is 7.18. The molecule has 118 valence electrons. The van der Waals surface area contributed by atoms with Gasteiger partial charge < -0.3 is 15.0 Å². The number of benzene rings is 1. The standard InChI is InChI=1S/C16H19FN2OS2/c1-20-9-8-19(12-15-3-2-10-22-15)16(21)18-11-13-4-6-14(17)7-5-13/h2-7,10H,8-9,11-12H2,1H3,(H,18,21). The van der Waals surface area contributed by atoms with Gasteiger partial charge in [-0.2, -0.15) is 0 Å². The van der Waals surface area contributed by atoms with Crippen molar-refractivity contribution in [2.24, 2.45) is 0 Å². The number of hydrogen-bond donors (Lipinski definition) is 1. The number of thiocarbonyl (C=S) groups is 1. The minimum atomic E-state index is -0.231. The minimum absolute atomic E-state index is 0.231. The SMILES string of the molecule is COCCN(Cc1cccs1)C(=S)NCc1ccc(F)cc1. The number of nitrogens with zero attached hydrogens (tertiary/aromatic N) is 1. The largest absolute Gasteiger partial charge is 0.383 e. The molecular formula is C16H19FN2OS2. The van der Waals surface area contributed by atoms with Gasteiger partial charge in [-0.1, -0.05) is 18.2 Å². The number of ether oxygens (including phenoxy) is 1. The Morgan fingerprint density at radius 1 is 1.32 bits per heavy atom. The summed E-state index contributed by atoms with van der Waals surface area (Å²) in [5, 5.41) is 5.95. The van der Waals surface area contributed by atoms with Crippen LogP contribution in [-0.2, 0) is 17.8 Å². The lowest BCUT2D eigenvalue weighted by Gasteiger charge is -2.25. The van der Waals surface area contributed by atoms with E-state index in [4.69, 9.17) is 17.0 Å². The van der Waals surface area contributed by atoms with Crippen LogP contribution in [0, 0.1) is 5.82 Å². The molecule has 0 aliphatic heterocycles. The smallest absolute Gasteiger partial charge is 0.169 e. The number of thiophene rings is 1. The quantitative estimate of drug-likeness (QED) is 0.782. The molecule has 1 heterocycles. The number of halogens is 1. The van der Waals surface area contributed by atoms with Gasteiger partial charge in [-0.3, -0.25) is 0 Å². The van der Waals surface area contributed by atoms with Gasteiger partial charge in [0.15, 0.2) is 5.11 Å². The zero-order valence-corrected chi connectivity index (χ0v) is 14.1. The highest BCUT2D eigenvalue weighted by Gasteiger charge is 2.10. The molecule has 0 spiro atoms. The molecule has 0 atom stereocenters. The fourth-order valence-electron chi connectivity index (χ4n) is 1.94. The Hall–Kier alpha value is -1.50. The van der Waals surface area contributed by atoms with Crippen molar-refractivity contribution in [3.05, 3.63) is 58.0 Å². The fourth-order valence-corrected chi connectivity index (χ4v) is 2.88. The van der Waals surface area contributed by atoms with Crippen molar-refractivity contribution >= 4 is 28.7 Å². The van der Waals surface area contributed by atoms with Gasteiger partial charge in [0, 0.05) is 25.1 Å². The lowest BCUT2D eigenvalue weighted by molar-refractivity contribution is 0.174. The van der Waals surface area contributed by atoms with Gasteiger partial charge in [0.25, 0.3) is 0 Å². The molecule has 0 unspecified atom stereocenters. The van der Waals surface area contributed by atoms with E-state index in [1.54, 1.807) is 30.6 Å². The van der Waals surface area contributed by atoms with Crippen LogP contribution >= 0.6 is 23.6 Å². The predicted molar refractivity (Wildman–Crippen MR) is 92.4 cm³/mol. The van der Waals surface area contributed by atoms with Crippen LogP contribution in [0.3, 0.4) is 0 Å². The Labute approximate surface area is 139 Å². The Morgan fingerprint density at radius 3 is 2.73 bits per heavy atom. The number of hydrogen-bond acceptors (Lipinski definition) is 3. The molecule has 0 saturated heterocycles. The summed E-state index contributed by atoms with van der Waals surface area (Å²) in [4.78, 5) is 3.33. The van der Waals surface area contributed by atoms with Gasteiger partial charge in [-0.05, 0) is 41.4 Å². The van der Waals surface area contributed by atoms with Crippen LogP contribution in [0.2, 0.25) is 0 Å². The number of nitrogens with one attached hydrogen (secondary N) is 1. The maximum Gasteiger partial charge on any atom is 0.169 e. The van der Waals surface area contributed by atoms with Crippen LogP contribution in [-0.4, -0.2) is 30.3 Å². The van der Waals surface area contributed by atoms with Crippen molar-refractivity contribution in [3.8, 4) is 0 Å². The molecule has 1 N–H and O–H groups in total. The molecule has 0 bridgehead atoms. The highest BCUT2D eigenvalue weighted by atomic mass is 32.1. The second kappa shape index (κ2) is 8.82. The molecule has 0 radical (unpaired) electrons. The van der Waals surface area contributed by atoms with Crippen molar-refractivity contribution in [2.45, 2.75) is 13.1 Å². The Balaban J connectivity index is 1.91. The van der Waals surface area contributed by atoms with Gasteiger partial charge in [-0.15, -0.1) is 11.3 Å². The molecule has 22 heavy (non-hydrogen) atoms. The van der Waals surface area contributed by atoms with Crippen LogP contribution in [0.25, 0.3) is 0 Å². The van der Waals surface area contributed by atoms with E-state index in [9.17, 15) is 4.39 Å². The van der Waals surface area contributed by atoms with Gasteiger partial charge in [0.2, 0.25) is 0 Å². The predicted octanol–water partition coefficient (Wildman–Crippen LogP) is 3.41. The van der Waals surface area contributed by atoms with Gasteiger partial charge >= 0.3 is 0 Å². The molecule has 0 aliphatic carbocycles. The maximum absolute atomic E-state index is 12.9. The van der Waals surface area contributed by atoms with Crippen molar-refractivity contribution in [2.75, 3.05) is 20.3 Å². The Bertz CT molecular complexity index is 572. The van der Waals surface area contributed by atoms with Crippen molar-refractivity contribution in [1.29, 1.82) is 0 Å². The zero-order chi connectivity index (χ0) is 15.8. The Morgan fingerprint density at radius 2 is 2.09 bits per heavy atom. The summed E-state index contributed by atoms with van der Waals surface area (Å²) in [6.45, 7) is 2.68. The van der Waals surface area contributed by atoms with E-state index in [2.05, 4.69) is 21.7 Å². The number of methoxy groups -OCH3 is 1. The van der Waals surface area contributed by atoms with Crippen molar-refractivity contribution in [1.82, 2.24) is 10.2 Å². The van der Waals surface area contributed by atoms with Crippen LogP contribution in [0.1, 0.15) is 10.4 Å². The van der Waals surface area contributed by atoms with E-state index >= 15 is 0 Å². The summed E-state index contributed by atoms with van der Waals surface area (Å²) in [5.74, 6) is -0.231. The molecule has 0 amide bonds. The summed E-state index contributed by atoms with van der Waals surface area (Å²) in [6.07, 6.45) is 0. The van der Waals surface area contributed by atoms with Crippen LogP contribution in [0.5, 0.6) is 0 Å². The van der Waals surface area contributed by atoms with E-state index < -0.39 is 0 Å². The maximum atomic E-state index is 12.9. The van der Waals surface area contributed by atoms with Gasteiger partial charge in [0.05, 0.1) is 13.2 Å². The topological polar surface area (TPSA) is 24.5 Å². The first-order valence-corrected chi connectivity index (χ1v) is 8.26. The lowest BCUT2D eigenvalue weighted by atomic mass is 10.2. The van der Waals surface area contributed by atoms with E-state index in [0.717, 1.165) is 18.7 Å². The lowest BCUT2D eigenvalue weighted by Crippen LogP contribution is -2.40. The molecule has 2 rings (SSSR count). The van der Waals surface area contributed by atoms with Crippen LogP contribution in [0.4, 0.5) is 4.39 Å². The third-order valence-corrected chi connectivity index (χ3v) is 4.40. The normalized spacial score (nSPS) is 10.5. The first kappa shape index (κ1) is 16.9. The first-order chi connectivity index (χ1) is 10.7. The monoisotopic (exact) mass is 338 g/mol. The molecule has 1 aromatic heterocycles. The third kappa shape index (κ3) is 5.36. The summed E-state index contributed by atoms with van der Waals surface area (Å²) in [6, 6.07) is 10.5. The van der Waals surface area contributed by atoms with E-state index in [0.29, 0.717) is 18.3 Å². The summed E-state index contributed by atoms with van der Waals surface area (Å²) in [5.41, 5.74) is 0.992. The van der Waals surface area contributed by atoms with E-state index in [1.807, 2.05) is 6.07 Å². The highest BCUT2D eigenvalue weighted by molar-refractivity contribution is 7.80. The average molecular weight is 338 g/mol. The van der Waals surface area contributed by atoms with E-state index in [-0.39, 0.29) is 5.82 Å². The first-order valence-electron chi connectivity index (χ1n) is 6.97. The Kier molecular flexibility index (Phi) is 6.76. The summed E-state index contributed by atoms with van der Waals surface area (Å²) in [7, 11) is 1.68. The molecule has 6 heteroatoms. The molecule has 0 aliphatic rings. The second-order valence-electron chi connectivity index (χ2n) is 4.78. The average Bonchev–Trinajstić information content (AvgIpc) is 3.03. The van der Waals surface area contributed by atoms with Gasteiger partial charge in [-0.25, -0.2) is 4.39 Å². The molecule has 0 fully saturated rings. The minimum Gasteiger partial charge on any atom is -0.383 e. The number of rotatable bonds is 7. The van der Waals surface area contributed by atoms with Gasteiger partial charge in [0.1, 0.15) is 5.82 Å². The molecule has 1 aromatic carbocycles. The molecular weight excluding hydrogens is 319 g/mol. The fraction of sp³-hybridized carbons (Fsp3) is 0.312. The van der Waals surface area contributed by atoms with Crippen molar-refractivity contribution < 1.29 is 9.13 Å². The highest BCUT2D eigenvalue weighted by Crippen LogP contribution is 2.12. The molecule has 0 saturated carbocycles. The van der Waals surface area contributed by atoms with Crippen LogP contribution in [0.15, 0.2) is 41.8 Å². The van der Waals surface area contributed by atoms with E-state index in [1.165, 1.54) is 17.0 Å². The molecule has 3 nitrogen and oxygen atoms in total. The third-order valence-electron chi connectivity index (χ3n) is 3.14. The van der Waals surface area contributed by atoms with Crippen LogP contribution < -0.4 is 5.32 Å². The van der Waals surface area contributed by atoms with Crippen molar-refractivity contribution in [3.63, 3.8) is 0 Å². The zero-order valence-electron chi connectivity index (χ0n) is 12.4. The second-order valence-corrected chi connectivity index (χ2v) is 6.20. The summed E-state index contributed by atoms with van der Waals surface area (Å²) < 4.78 is 18.0.